The molecular weight excluding hydrogens is 392 g/mol. The lowest BCUT2D eigenvalue weighted by molar-refractivity contribution is 0.336. The second-order valence-electron chi connectivity index (χ2n) is 6.21. The summed E-state index contributed by atoms with van der Waals surface area (Å²) in [5, 5.41) is 11.1. The first-order valence-corrected chi connectivity index (χ1v) is 12.3. The minimum atomic E-state index is -3.79. The molecule has 0 N–H and O–H groups in total. The Hall–Kier alpha value is -1.73. The van der Waals surface area contributed by atoms with Crippen LogP contribution in [0.15, 0.2) is 41.8 Å². The van der Waals surface area contributed by atoms with Crippen LogP contribution in [0, 0.1) is 11.3 Å². The van der Waals surface area contributed by atoms with E-state index in [9.17, 15) is 22.1 Å². The van der Waals surface area contributed by atoms with Gasteiger partial charge in [0.05, 0.1) is 28.9 Å². The third kappa shape index (κ3) is 4.32. The largest absolute Gasteiger partial charge is 0.229 e. The second kappa shape index (κ2) is 7.48. The zero-order valence-electron chi connectivity index (χ0n) is 13.9. The van der Waals surface area contributed by atoms with Gasteiger partial charge in [0, 0.05) is 17.5 Å². The van der Waals surface area contributed by atoms with Crippen LogP contribution in [0.25, 0.3) is 0 Å². The standard InChI is InChI=1S/C17H18N2O4S3/c18-10-14-4-1-2-5-15(14)12-26(22,23)19(11-17-6-3-8-24-17)16-7-9-25(20,21)13-16/h1-6,8,16H,7,9,11-13H2/t16-/m1/s1. The number of benzene rings is 1. The number of rotatable bonds is 6. The van der Waals surface area contributed by atoms with Gasteiger partial charge in [-0.1, -0.05) is 24.3 Å². The molecular formula is C17H18N2O4S3. The van der Waals surface area contributed by atoms with E-state index in [2.05, 4.69) is 0 Å². The molecule has 1 aromatic carbocycles. The minimum absolute atomic E-state index is 0.00289. The molecule has 138 valence electrons. The summed E-state index contributed by atoms with van der Waals surface area (Å²) in [7, 11) is -7.01. The molecule has 3 rings (SSSR count). The highest BCUT2D eigenvalue weighted by molar-refractivity contribution is 7.92. The molecule has 2 aromatic rings. The average Bonchev–Trinajstić information content (AvgIpc) is 3.21. The van der Waals surface area contributed by atoms with Gasteiger partial charge in [0.15, 0.2) is 9.84 Å². The minimum Gasteiger partial charge on any atom is -0.229 e. The van der Waals surface area contributed by atoms with Crippen LogP contribution in [0.1, 0.15) is 22.4 Å². The van der Waals surface area contributed by atoms with Gasteiger partial charge in [0.1, 0.15) is 0 Å². The lowest BCUT2D eigenvalue weighted by Gasteiger charge is -2.27. The summed E-state index contributed by atoms with van der Waals surface area (Å²) in [4.78, 5) is 0.853. The summed E-state index contributed by atoms with van der Waals surface area (Å²) in [5.74, 6) is -0.473. The lowest BCUT2D eigenvalue weighted by Crippen LogP contribution is -2.41. The summed E-state index contributed by atoms with van der Waals surface area (Å²) < 4.78 is 51.3. The predicted octanol–water partition coefficient (Wildman–Crippen LogP) is 2.14. The van der Waals surface area contributed by atoms with Gasteiger partial charge in [-0.25, -0.2) is 16.8 Å². The van der Waals surface area contributed by atoms with E-state index in [4.69, 9.17) is 0 Å². The number of sulfonamides is 1. The molecule has 2 heterocycles. The van der Waals surface area contributed by atoms with Gasteiger partial charge in [-0.05, 0) is 29.5 Å². The number of sulfone groups is 1. The van der Waals surface area contributed by atoms with Crippen LogP contribution >= 0.6 is 11.3 Å². The van der Waals surface area contributed by atoms with Gasteiger partial charge in [0.25, 0.3) is 0 Å². The van der Waals surface area contributed by atoms with Crippen molar-refractivity contribution in [2.45, 2.75) is 24.8 Å². The molecule has 1 aliphatic rings. The molecule has 0 spiro atoms. The van der Waals surface area contributed by atoms with E-state index in [0.717, 1.165) is 4.88 Å². The van der Waals surface area contributed by atoms with Gasteiger partial charge in [-0.3, -0.25) is 0 Å². The van der Waals surface area contributed by atoms with Crippen molar-refractivity contribution < 1.29 is 16.8 Å². The van der Waals surface area contributed by atoms with Crippen LogP contribution < -0.4 is 0 Å². The molecule has 9 heteroatoms. The van der Waals surface area contributed by atoms with Crippen molar-refractivity contribution in [1.82, 2.24) is 4.31 Å². The molecule has 0 saturated carbocycles. The maximum Gasteiger partial charge on any atom is 0.218 e. The Bertz CT molecular complexity index is 1020. The molecule has 0 radical (unpaired) electrons. The molecule has 0 unspecified atom stereocenters. The Balaban J connectivity index is 1.93. The Labute approximate surface area is 157 Å². The maximum atomic E-state index is 13.1. The Morgan fingerprint density at radius 3 is 2.62 bits per heavy atom. The van der Waals surface area contributed by atoms with E-state index in [1.165, 1.54) is 15.6 Å². The van der Waals surface area contributed by atoms with Crippen molar-refractivity contribution in [3.8, 4) is 6.07 Å². The monoisotopic (exact) mass is 410 g/mol. The van der Waals surface area contributed by atoms with Gasteiger partial charge < -0.3 is 0 Å². The molecule has 1 saturated heterocycles. The van der Waals surface area contributed by atoms with Crippen molar-refractivity contribution >= 4 is 31.2 Å². The Kier molecular flexibility index (Phi) is 5.48. The smallest absolute Gasteiger partial charge is 0.218 e. The van der Waals surface area contributed by atoms with Crippen molar-refractivity contribution in [2.24, 2.45) is 0 Å². The van der Waals surface area contributed by atoms with Crippen molar-refractivity contribution in [3.63, 3.8) is 0 Å². The van der Waals surface area contributed by atoms with Crippen LogP contribution in [0.5, 0.6) is 0 Å². The highest BCUT2D eigenvalue weighted by Gasteiger charge is 2.38. The summed E-state index contributed by atoms with van der Waals surface area (Å²) in [5.41, 5.74) is 0.734. The number of thiophene rings is 1. The van der Waals surface area contributed by atoms with Gasteiger partial charge in [0.2, 0.25) is 10.0 Å². The Morgan fingerprint density at radius 1 is 1.23 bits per heavy atom. The summed E-state index contributed by atoms with van der Waals surface area (Å²) in [6, 6.07) is 11.7. The third-order valence-electron chi connectivity index (χ3n) is 4.34. The molecule has 0 aliphatic carbocycles. The van der Waals surface area contributed by atoms with Crippen molar-refractivity contribution in [2.75, 3.05) is 11.5 Å². The number of hydrogen-bond acceptors (Lipinski definition) is 6. The van der Waals surface area contributed by atoms with Crippen LogP contribution in [-0.2, 0) is 32.2 Å². The summed E-state index contributed by atoms with van der Waals surface area (Å²) >= 11 is 1.43. The lowest BCUT2D eigenvalue weighted by atomic mass is 10.1. The van der Waals surface area contributed by atoms with E-state index < -0.39 is 25.9 Å². The topological polar surface area (TPSA) is 95.3 Å². The van der Waals surface area contributed by atoms with Gasteiger partial charge in [-0.15, -0.1) is 11.3 Å². The Morgan fingerprint density at radius 2 is 2.00 bits per heavy atom. The summed E-state index contributed by atoms with van der Waals surface area (Å²) in [6.45, 7) is 0.148. The molecule has 0 bridgehead atoms. The first-order valence-electron chi connectivity index (χ1n) is 8.01. The third-order valence-corrected chi connectivity index (χ3v) is 8.77. The van der Waals surface area contributed by atoms with E-state index in [1.54, 1.807) is 24.3 Å². The molecule has 1 fully saturated rings. The van der Waals surface area contributed by atoms with Gasteiger partial charge in [-0.2, -0.15) is 9.57 Å². The van der Waals surface area contributed by atoms with Gasteiger partial charge >= 0.3 is 0 Å². The van der Waals surface area contributed by atoms with Crippen LogP contribution in [-0.4, -0.2) is 38.7 Å². The first kappa shape index (κ1) is 19.0. The summed E-state index contributed by atoms with van der Waals surface area (Å²) in [6.07, 6.45) is 0.298. The number of hydrogen-bond donors (Lipinski definition) is 0. The van der Waals surface area contributed by atoms with Crippen molar-refractivity contribution in [1.29, 1.82) is 5.26 Å². The second-order valence-corrected chi connectivity index (χ2v) is 11.4. The van der Waals surface area contributed by atoms with E-state index in [1.807, 2.05) is 23.6 Å². The number of nitrogens with zero attached hydrogens (tertiary/aromatic N) is 2. The maximum absolute atomic E-state index is 13.1. The SMILES string of the molecule is N#Cc1ccccc1CS(=O)(=O)N(Cc1cccs1)[C@@H]1CCS(=O)(=O)C1. The van der Waals surface area contributed by atoms with Crippen LogP contribution in [0.3, 0.4) is 0 Å². The highest BCUT2D eigenvalue weighted by atomic mass is 32.2. The van der Waals surface area contributed by atoms with E-state index in [0.29, 0.717) is 17.5 Å². The van der Waals surface area contributed by atoms with Crippen LogP contribution in [0.4, 0.5) is 0 Å². The zero-order chi connectivity index (χ0) is 18.8. The normalized spacial score (nSPS) is 19.5. The molecule has 0 amide bonds. The van der Waals surface area contributed by atoms with E-state index >= 15 is 0 Å². The fourth-order valence-electron chi connectivity index (χ4n) is 3.05. The highest BCUT2D eigenvalue weighted by Crippen LogP contribution is 2.26. The van der Waals surface area contributed by atoms with Crippen molar-refractivity contribution in [3.05, 3.63) is 57.8 Å². The molecule has 1 atom stereocenters. The molecule has 1 aliphatic heterocycles. The first-order chi connectivity index (χ1) is 12.3. The molecule has 6 nitrogen and oxygen atoms in total. The van der Waals surface area contributed by atoms with Crippen LogP contribution in [0.2, 0.25) is 0 Å². The average molecular weight is 411 g/mol. The molecule has 26 heavy (non-hydrogen) atoms. The number of nitriles is 1. The predicted molar refractivity (Wildman–Crippen MR) is 101 cm³/mol. The molecule has 1 aromatic heterocycles. The fourth-order valence-corrected chi connectivity index (χ4v) is 7.44. The quantitative estimate of drug-likeness (QED) is 0.727. The fraction of sp³-hybridized carbons (Fsp3) is 0.353. The van der Waals surface area contributed by atoms with E-state index in [-0.39, 0.29) is 23.8 Å². The zero-order valence-corrected chi connectivity index (χ0v) is 16.4.